The van der Waals surface area contributed by atoms with Gasteiger partial charge in [-0.1, -0.05) is 31.2 Å². The molecule has 2 aliphatic heterocycles. The maximum atomic E-state index is 5.86. The van der Waals surface area contributed by atoms with E-state index < -0.39 is 0 Å². The van der Waals surface area contributed by atoms with Crippen LogP contribution in [0.1, 0.15) is 24.5 Å². The number of H-pyrrole nitrogens is 1. The van der Waals surface area contributed by atoms with E-state index >= 15 is 0 Å². The largest absolute Gasteiger partial charge is 0.471 e. The fraction of sp³-hybridized carbons (Fsp3) is 0.455. The number of benzene rings is 1. The molecule has 10 nitrogen and oxygen atoms in total. The molecule has 5 atom stereocenters. The van der Waals surface area contributed by atoms with Crippen molar-refractivity contribution in [2.24, 2.45) is 22.6 Å². The highest BCUT2D eigenvalue weighted by Crippen LogP contribution is 2.34. The highest BCUT2D eigenvalue weighted by Gasteiger charge is 2.45. The third-order valence-electron chi connectivity index (χ3n) is 6.13. The smallest absolute Gasteiger partial charge is 0.245 e. The average molecular weight is 437 g/mol. The van der Waals surface area contributed by atoms with Crippen molar-refractivity contribution in [2.75, 3.05) is 12.3 Å². The van der Waals surface area contributed by atoms with Crippen molar-refractivity contribution in [3.05, 3.63) is 41.7 Å². The van der Waals surface area contributed by atoms with E-state index in [2.05, 4.69) is 49.3 Å². The molecule has 0 bridgehead atoms. The first-order valence-electron chi connectivity index (χ1n) is 10.9. The number of hydrogen-bond donors (Lipinski definition) is 4. The summed E-state index contributed by atoms with van der Waals surface area (Å²) in [7, 11) is 0. The summed E-state index contributed by atoms with van der Waals surface area (Å²) in [5, 5.41) is 3.48. The molecule has 2 aromatic heterocycles. The third kappa shape index (κ3) is 4.43. The number of fused-ring (bicyclic) bond motifs is 1. The summed E-state index contributed by atoms with van der Waals surface area (Å²) in [6.45, 7) is 3.94. The number of nitrogen functional groups attached to an aromatic ring is 1. The molecule has 32 heavy (non-hydrogen) atoms. The maximum absolute atomic E-state index is 5.86. The van der Waals surface area contributed by atoms with Gasteiger partial charge in [0.2, 0.25) is 11.8 Å². The lowest BCUT2D eigenvalue weighted by Crippen LogP contribution is -2.34. The van der Waals surface area contributed by atoms with Crippen LogP contribution in [0.4, 0.5) is 5.95 Å². The number of ether oxygens (including phenoxy) is 2. The summed E-state index contributed by atoms with van der Waals surface area (Å²) >= 11 is 0. The van der Waals surface area contributed by atoms with Crippen molar-refractivity contribution in [3.8, 4) is 5.88 Å². The Hall–Kier alpha value is -3.08. The molecule has 0 saturated carbocycles. The van der Waals surface area contributed by atoms with Crippen LogP contribution in [-0.2, 0) is 17.9 Å². The number of epoxide rings is 1. The number of aromatic amines is 1. The SMILES string of the molecule is CC1CC(C2O[C@@H]2NCc2ccc(COc3nc(N)nc4nc[nH]c34)cc2)C=NC1CN. The van der Waals surface area contributed by atoms with Gasteiger partial charge in [-0.3, -0.25) is 10.3 Å². The van der Waals surface area contributed by atoms with Crippen molar-refractivity contribution in [1.29, 1.82) is 0 Å². The average Bonchev–Trinajstić information content (AvgIpc) is 3.43. The maximum Gasteiger partial charge on any atom is 0.245 e. The second-order valence-corrected chi connectivity index (χ2v) is 8.47. The standard InChI is InChI=1S/C22H28N8O2/c1-12-6-15(9-25-16(12)7-23)18-21(32-18)26-8-13-2-4-14(5-3-13)10-31-20-17-19(28-11-27-17)29-22(24)30-20/h2-5,9,11-12,15-16,18,21,26H,6-8,10,23H2,1H3,(H3,24,27,28,29,30)/t12?,15?,16?,18?,21-/m0/s1. The van der Waals surface area contributed by atoms with Crippen LogP contribution in [0.15, 0.2) is 35.6 Å². The fourth-order valence-corrected chi connectivity index (χ4v) is 4.19. The second-order valence-electron chi connectivity index (χ2n) is 8.47. The van der Waals surface area contributed by atoms with Crippen LogP contribution in [0, 0.1) is 11.8 Å². The zero-order chi connectivity index (χ0) is 22.1. The van der Waals surface area contributed by atoms with Crippen LogP contribution in [0.5, 0.6) is 5.88 Å². The molecule has 0 spiro atoms. The number of nitrogens with one attached hydrogen (secondary N) is 2. The van der Waals surface area contributed by atoms with E-state index in [0.29, 0.717) is 42.0 Å². The molecule has 0 aliphatic carbocycles. The minimum Gasteiger partial charge on any atom is -0.471 e. The Balaban J connectivity index is 1.11. The predicted molar refractivity (Wildman–Crippen MR) is 121 cm³/mol. The van der Waals surface area contributed by atoms with Gasteiger partial charge in [0.05, 0.1) is 12.4 Å². The molecule has 168 valence electrons. The number of hydrogen-bond acceptors (Lipinski definition) is 9. The third-order valence-corrected chi connectivity index (χ3v) is 6.13. The first kappa shape index (κ1) is 20.8. The highest BCUT2D eigenvalue weighted by molar-refractivity contribution is 5.76. The topological polar surface area (TPSA) is 153 Å². The predicted octanol–water partition coefficient (Wildman–Crippen LogP) is 1.38. The van der Waals surface area contributed by atoms with E-state index in [1.54, 1.807) is 6.33 Å². The Morgan fingerprint density at radius 3 is 2.81 bits per heavy atom. The Bertz CT molecular complexity index is 1100. The van der Waals surface area contributed by atoms with Crippen LogP contribution in [0.2, 0.25) is 0 Å². The van der Waals surface area contributed by atoms with E-state index in [9.17, 15) is 0 Å². The first-order valence-corrected chi connectivity index (χ1v) is 10.9. The fourth-order valence-electron chi connectivity index (χ4n) is 4.19. The molecule has 2 aliphatic rings. The van der Waals surface area contributed by atoms with Gasteiger partial charge in [-0.05, 0) is 23.5 Å². The van der Waals surface area contributed by atoms with Gasteiger partial charge in [-0.2, -0.15) is 9.97 Å². The van der Waals surface area contributed by atoms with Crippen molar-refractivity contribution >= 4 is 23.3 Å². The van der Waals surface area contributed by atoms with Crippen molar-refractivity contribution < 1.29 is 9.47 Å². The minimum absolute atomic E-state index is 0.0797. The van der Waals surface area contributed by atoms with Gasteiger partial charge in [0.25, 0.3) is 0 Å². The van der Waals surface area contributed by atoms with Gasteiger partial charge < -0.3 is 25.9 Å². The Labute approximate surface area is 185 Å². The zero-order valence-corrected chi connectivity index (χ0v) is 17.9. The van der Waals surface area contributed by atoms with Gasteiger partial charge in [0.15, 0.2) is 5.65 Å². The Kier molecular flexibility index (Phi) is 5.73. The molecule has 6 N–H and O–H groups in total. The highest BCUT2D eigenvalue weighted by atomic mass is 16.6. The molecule has 0 amide bonds. The molecule has 1 fully saturated rings. The minimum atomic E-state index is 0.0797. The second kappa shape index (κ2) is 8.81. The van der Waals surface area contributed by atoms with Gasteiger partial charge >= 0.3 is 0 Å². The van der Waals surface area contributed by atoms with E-state index in [1.807, 2.05) is 18.3 Å². The number of nitrogens with zero attached hydrogens (tertiary/aromatic N) is 4. The number of nitrogens with two attached hydrogens (primary N) is 2. The molecular weight excluding hydrogens is 408 g/mol. The lowest BCUT2D eigenvalue weighted by atomic mass is 9.86. The molecule has 3 aromatic rings. The molecule has 0 radical (unpaired) electrons. The van der Waals surface area contributed by atoms with E-state index in [0.717, 1.165) is 18.5 Å². The summed E-state index contributed by atoms with van der Waals surface area (Å²) < 4.78 is 11.7. The first-order chi connectivity index (χ1) is 15.6. The van der Waals surface area contributed by atoms with Crippen LogP contribution >= 0.6 is 0 Å². The van der Waals surface area contributed by atoms with Crippen LogP contribution in [0.25, 0.3) is 11.2 Å². The van der Waals surface area contributed by atoms with Gasteiger partial charge in [0, 0.05) is 25.2 Å². The van der Waals surface area contributed by atoms with Gasteiger partial charge in [-0.25, -0.2) is 4.98 Å². The summed E-state index contributed by atoms with van der Waals surface area (Å²) in [5.41, 5.74) is 14.8. The number of aliphatic imine (C=N–C) groups is 1. The van der Waals surface area contributed by atoms with Crippen molar-refractivity contribution in [3.63, 3.8) is 0 Å². The number of imidazole rings is 1. The van der Waals surface area contributed by atoms with Crippen LogP contribution in [-0.4, -0.2) is 51.1 Å². The number of anilines is 1. The van der Waals surface area contributed by atoms with E-state index in [1.165, 1.54) is 5.56 Å². The molecule has 5 rings (SSSR count). The van der Waals surface area contributed by atoms with Crippen LogP contribution < -0.4 is 21.5 Å². The molecule has 1 saturated heterocycles. The van der Waals surface area contributed by atoms with Crippen molar-refractivity contribution in [1.82, 2.24) is 25.3 Å². The molecular formula is C22H28N8O2. The molecule has 4 heterocycles. The van der Waals surface area contributed by atoms with Gasteiger partial charge in [-0.15, -0.1) is 0 Å². The van der Waals surface area contributed by atoms with Crippen LogP contribution in [0.3, 0.4) is 0 Å². The summed E-state index contributed by atoms with van der Waals surface area (Å²) in [6.07, 6.45) is 4.94. The van der Waals surface area contributed by atoms with Gasteiger partial charge in [0.1, 0.15) is 24.5 Å². The molecule has 4 unspecified atom stereocenters. The monoisotopic (exact) mass is 436 g/mol. The molecule has 10 heteroatoms. The van der Waals surface area contributed by atoms with Crippen molar-refractivity contribution in [2.45, 2.75) is 44.9 Å². The summed E-state index contributed by atoms with van der Waals surface area (Å²) in [6, 6.07) is 8.49. The Morgan fingerprint density at radius 2 is 2.03 bits per heavy atom. The molecule has 1 aromatic carbocycles. The summed E-state index contributed by atoms with van der Waals surface area (Å²) in [4.78, 5) is 19.9. The lowest BCUT2D eigenvalue weighted by molar-refractivity contribution is 0.294. The number of rotatable bonds is 8. The lowest BCUT2D eigenvalue weighted by Gasteiger charge is -2.26. The number of aromatic nitrogens is 4. The van der Waals surface area contributed by atoms with E-state index in [-0.39, 0.29) is 24.3 Å². The van der Waals surface area contributed by atoms with E-state index in [4.69, 9.17) is 20.9 Å². The normalized spacial score (nSPS) is 27.0. The Morgan fingerprint density at radius 1 is 1.22 bits per heavy atom. The zero-order valence-electron chi connectivity index (χ0n) is 17.9. The summed E-state index contributed by atoms with van der Waals surface area (Å²) in [5.74, 6) is 1.39. The quantitative estimate of drug-likeness (QED) is 0.386.